The van der Waals surface area contributed by atoms with Crippen molar-refractivity contribution in [1.29, 1.82) is 0 Å². The molecular weight excluding hydrogens is 266 g/mol. The minimum atomic E-state index is -0.268. The molecule has 2 aromatic rings. The summed E-state index contributed by atoms with van der Waals surface area (Å²) in [5.41, 5.74) is 2.91. The highest BCUT2D eigenvalue weighted by molar-refractivity contribution is 5.85. The highest BCUT2D eigenvalue weighted by Gasteiger charge is 2.12. The van der Waals surface area contributed by atoms with E-state index in [1.54, 1.807) is 6.92 Å². The van der Waals surface area contributed by atoms with Gasteiger partial charge in [0.05, 0.1) is 6.61 Å². The monoisotopic (exact) mass is 291 g/mol. The molecule has 1 heterocycles. The minimum Gasteiger partial charge on any atom is -0.493 e. The molecule has 0 aliphatic rings. The van der Waals surface area contributed by atoms with Crippen LogP contribution in [0.3, 0.4) is 0 Å². The Morgan fingerprint density at radius 2 is 1.71 bits per heavy atom. The summed E-state index contributed by atoms with van der Waals surface area (Å²) in [5, 5.41) is 3.73. The third-order valence-electron chi connectivity index (χ3n) is 3.29. The van der Waals surface area contributed by atoms with Gasteiger partial charge in [0.1, 0.15) is 11.3 Å². The maximum atomic E-state index is 11.7. The Balaban J connectivity index is 0.000000677. The van der Waals surface area contributed by atoms with Crippen molar-refractivity contribution in [3.8, 4) is 5.75 Å². The summed E-state index contributed by atoms with van der Waals surface area (Å²) in [7, 11) is 3.75. The van der Waals surface area contributed by atoms with Crippen molar-refractivity contribution >= 4 is 11.0 Å². The first-order chi connectivity index (χ1) is 9.97. The molecule has 0 aliphatic heterocycles. The Morgan fingerprint density at radius 1 is 1.10 bits per heavy atom. The lowest BCUT2D eigenvalue weighted by Crippen LogP contribution is -2.07. The van der Waals surface area contributed by atoms with E-state index in [0.29, 0.717) is 17.8 Å². The third kappa shape index (κ3) is 3.85. The van der Waals surface area contributed by atoms with Gasteiger partial charge in [-0.25, -0.2) is 4.79 Å². The van der Waals surface area contributed by atoms with Gasteiger partial charge in [-0.1, -0.05) is 6.92 Å². The van der Waals surface area contributed by atoms with Gasteiger partial charge < -0.3 is 14.5 Å². The number of fused-ring (bicyclic) bond motifs is 1. The van der Waals surface area contributed by atoms with Gasteiger partial charge in [-0.2, -0.15) is 0 Å². The second-order valence-corrected chi connectivity index (χ2v) is 5.05. The topological polar surface area (TPSA) is 51.5 Å². The molecule has 0 atom stereocenters. The smallest absolute Gasteiger partial charge is 0.339 e. The van der Waals surface area contributed by atoms with Crippen LogP contribution < -0.4 is 15.7 Å². The lowest BCUT2D eigenvalue weighted by molar-refractivity contribution is 0.315. The van der Waals surface area contributed by atoms with Gasteiger partial charge in [-0.3, -0.25) is 0 Å². The maximum Gasteiger partial charge on any atom is 0.339 e. The van der Waals surface area contributed by atoms with Crippen molar-refractivity contribution in [2.75, 3.05) is 20.7 Å². The highest BCUT2D eigenvalue weighted by atomic mass is 16.5. The van der Waals surface area contributed by atoms with Gasteiger partial charge in [-0.15, -0.1) is 0 Å². The summed E-state index contributed by atoms with van der Waals surface area (Å²) in [6.45, 7) is 8.38. The van der Waals surface area contributed by atoms with Gasteiger partial charge in [0, 0.05) is 16.5 Å². The van der Waals surface area contributed by atoms with Crippen LogP contribution in [0, 0.1) is 20.8 Å². The van der Waals surface area contributed by atoms with Gasteiger partial charge >= 0.3 is 5.63 Å². The number of ether oxygens (including phenoxy) is 1. The van der Waals surface area contributed by atoms with Gasteiger partial charge in [0.2, 0.25) is 0 Å². The molecule has 21 heavy (non-hydrogen) atoms. The Morgan fingerprint density at radius 3 is 2.29 bits per heavy atom. The normalized spacial score (nSPS) is 10.2. The van der Waals surface area contributed by atoms with E-state index >= 15 is 0 Å². The molecule has 1 aromatic carbocycles. The summed E-state index contributed by atoms with van der Waals surface area (Å²) in [4.78, 5) is 11.7. The van der Waals surface area contributed by atoms with Gasteiger partial charge in [0.25, 0.3) is 0 Å². The van der Waals surface area contributed by atoms with Crippen LogP contribution in [-0.4, -0.2) is 20.7 Å². The van der Waals surface area contributed by atoms with Crippen LogP contribution >= 0.6 is 0 Å². The Kier molecular flexibility index (Phi) is 6.43. The largest absolute Gasteiger partial charge is 0.493 e. The lowest BCUT2D eigenvalue weighted by Gasteiger charge is -2.11. The molecule has 0 unspecified atom stereocenters. The van der Waals surface area contributed by atoms with E-state index < -0.39 is 0 Å². The third-order valence-corrected chi connectivity index (χ3v) is 3.29. The summed E-state index contributed by atoms with van der Waals surface area (Å²) < 4.78 is 11.0. The first-order valence-corrected chi connectivity index (χ1v) is 7.22. The zero-order valence-electron chi connectivity index (χ0n) is 13.8. The van der Waals surface area contributed by atoms with E-state index in [4.69, 9.17) is 9.15 Å². The van der Waals surface area contributed by atoms with Crippen LogP contribution in [0.2, 0.25) is 0 Å². The van der Waals surface area contributed by atoms with E-state index in [-0.39, 0.29) is 5.63 Å². The maximum absolute atomic E-state index is 11.7. The van der Waals surface area contributed by atoms with E-state index in [1.165, 1.54) is 0 Å². The fourth-order valence-corrected chi connectivity index (χ4v) is 1.99. The minimum absolute atomic E-state index is 0.268. The fraction of sp³-hybridized carbons (Fsp3) is 0.471. The molecule has 0 saturated heterocycles. The molecule has 4 nitrogen and oxygen atoms in total. The van der Waals surface area contributed by atoms with Crippen LogP contribution in [0.4, 0.5) is 0 Å². The summed E-state index contributed by atoms with van der Waals surface area (Å²) >= 11 is 0. The molecule has 0 aliphatic carbocycles. The zero-order valence-corrected chi connectivity index (χ0v) is 13.8. The van der Waals surface area contributed by atoms with Crippen molar-refractivity contribution < 1.29 is 9.15 Å². The summed E-state index contributed by atoms with van der Waals surface area (Å²) in [5.74, 6) is 0.788. The Bertz CT molecular complexity index is 659. The van der Waals surface area contributed by atoms with Crippen LogP contribution in [0.5, 0.6) is 5.75 Å². The van der Waals surface area contributed by atoms with Crippen molar-refractivity contribution in [3.63, 3.8) is 0 Å². The number of hydrogen-bond donors (Lipinski definition) is 1. The van der Waals surface area contributed by atoms with E-state index in [1.807, 2.05) is 40.1 Å². The summed E-state index contributed by atoms with van der Waals surface area (Å²) in [6.07, 6.45) is 0.953. The zero-order chi connectivity index (χ0) is 16.0. The van der Waals surface area contributed by atoms with Crippen LogP contribution in [-0.2, 0) is 0 Å². The molecule has 1 N–H and O–H groups in total. The molecule has 2 rings (SSSR count). The molecule has 116 valence electrons. The number of benzene rings is 1. The molecule has 1 aromatic heterocycles. The SMILES string of the molecule is CCCOc1ccc2c(C)c(C)c(=O)oc2c1C.CNC. The Labute approximate surface area is 126 Å². The standard InChI is InChI=1S/C15H18O3.C2H7N/c1-5-8-17-13-7-6-12-9(2)10(3)15(16)18-14(12)11(13)4;1-3-2/h6-7H,5,8H2,1-4H3;3H,1-2H3. The van der Waals surface area contributed by atoms with Gasteiger partial charge in [-0.05, 0) is 59.0 Å². The molecular formula is C17H25NO3. The molecule has 0 bridgehead atoms. The second kappa shape index (κ2) is 7.84. The van der Waals surface area contributed by atoms with Crippen LogP contribution in [0.15, 0.2) is 21.3 Å². The quantitative estimate of drug-likeness (QED) is 0.881. The predicted molar refractivity (Wildman–Crippen MR) is 87.5 cm³/mol. The van der Waals surface area contributed by atoms with Crippen molar-refractivity contribution in [1.82, 2.24) is 5.32 Å². The van der Waals surface area contributed by atoms with Crippen LogP contribution in [0.1, 0.15) is 30.0 Å². The van der Waals surface area contributed by atoms with Crippen molar-refractivity contribution in [3.05, 3.63) is 39.2 Å². The number of rotatable bonds is 3. The van der Waals surface area contributed by atoms with E-state index in [2.05, 4.69) is 12.2 Å². The first kappa shape index (κ1) is 17.2. The average molecular weight is 291 g/mol. The number of hydrogen-bond acceptors (Lipinski definition) is 4. The predicted octanol–water partition coefficient (Wildman–Crippen LogP) is 3.34. The van der Waals surface area contributed by atoms with E-state index in [9.17, 15) is 4.79 Å². The van der Waals surface area contributed by atoms with E-state index in [0.717, 1.165) is 28.7 Å². The summed E-state index contributed by atoms with van der Waals surface area (Å²) in [6, 6.07) is 3.90. The second-order valence-electron chi connectivity index (χ2n) is 5.05. The van der Waals surface area contributed by atoms with Crippen LogP contribution in [0.25, 0.3) is 11.0 Å². The Hall–Kier alpha value is -1.81. The lowest BCUT2D eigenvalue weighted by atomic mass is 10.0. The van der Waals surface area contributed by atoms with Crippen molar-refractivity contribution in [2.24, 2.45) is 0 Å². The number of nitrogens with one attached hydrogen (secondary N) is 1. The molecule has 0 amide bonds. The average Bonchev–Trinajstić information content (AvgIpc) is 2.46. The van der Waals surface area contributed by atoms with Gasteiger partial charge in [0.15, 0.2) is 0 Å². The first-order valence-electron chi connectivity index (χ1n) is 7.22. The number of aryl methyl sites for hydroxylation is 2. The molecule has 0 radical (unpaired) electrons. The molecule has 4 heteroatoms. The van der Waals surface area contributed by atoms with Crippen molar-refractivity contribution in [2.45, 2.75) is 34.1 Å². The molecule has 0 saturated carbocycles. The fourth-order valence-electron chi connectivity index (χ4n) is 1.99. The molecule has 0 fully saturated rings. The highest BCUT2D eigenvalue weighted by Crippen LogP contribution is 2.29. The molecule has 0 spiro atoms.